The van der Waals surface area contributed by atoms with Crippen molar-refractivity contribution in [2.24, 2.45) is 0 Å². The van der Waals surface area contributed by atoms with Gasteiger partial charge in [-0.2, -0.15) is 0 Å². The highest BCUT2D eigenvalue weighted by molar-refractivity contribution is 7.99. The minimum absolute atomic E-state index is 0.0718. The summed E-state index contributed by atoms with van der Waals surface area (Å²) in [5.41, 5.74) is 2.63. The average molecular weight is 434 g/mol. The van der Waals surface area contributed by atoms with Gasteiger partial charge in [0.1, 0.15) is 5.82 Å². The van der Waals surface area contributed by atoms with E-state index in [1.165, 1.54) is 28.8 Å². The summed E-state index contributed by atoms with van der Waals surface area (Å²) in [7, 11) is 0. The first kappa shape index (κ1) is 20.8. The Kier molecular flexibility index (Phi) is 6.13. The SMILES string of the molecule is CCc1cccc(NC(=O)CSc2nc3ccccc3c(=O)n2-c2ccc(F)cc2)c1. The van der Waals surface area contributed by atoms with Gasteiger partial charge < -0.3 is 5.32 Å². The number of nitrogens with zero attached hydrogens (tertiary/aromatic N) is 2. The molecule has 5 nitrogen and oxygen atoms in total. The molecule has 4 rings (SSSR count). The number of para-hydroxylation sites is 1. The Balaban J connectivity index is 1.64. The van der Waals surface area contributed by atoms with Crippen molar-refractivity contribution in [2.75, 3.05) is 11.1 Å². The third-order valence-corrected chi connectivity index (χ3v) is 5.72. The largest absolute Gasteiger partial charge is 0.325 e. The highest BCUT2D eigenvalue weighted by atomic mass is 32.2. The Morgan fingerprint density at radius 2 is 1.84 bits per heavy atom. The van der Waals surface area contributed by atoms with E-state index in [9.17, 15) is 14.0 Å². The van der Waals surface area contributed by atoms with Crippen molar-refractivity contribution in [2.45, 2.75) is 18.5 Å². The van der Waals surface area contributed by atoms with Crippen molar-refractivity contribution in [3.63, 3.8) is 0 Å². The van der Waals surface area contributed by atoms with Gasteiger partial charge in [-0.25, -0.2) is 9.37 Å². The summed E-state index contributed by atoms with van der Waals surface area (Å²) in [6.45, 7) is 2.05. The Labute approximate surface area is 182 Å². The van der Waals surface area contributed by atoms with Gasteiger partial charge in [-0.05, 0) is 60.5 Å². The molecule has 1 amide bonds. The molecule has 0 atom stereocenters. The van der Waals surface area contributed by atoms with Gasteiger partial charge in [-0.1, -0.05) is 43.0 Å². The maximum atomic E-state index is 13.4. The van der Waals surface area contributed by atoms with Crippen LogP contribution < -0.4 is 10.9 Å². The number of carbonyl (C=O) groups excluding carboxylic acids is 1. The van der Waals surface area contributed by atoms with Crippen molar-refractivity contribution in [3.8, 4) is 5.69 Å². The number of thioether (sulfide) groups is 1. The molecule has 1 heterocycles. The number of anilines is 1. The Bertz CT molecular complexity index is 1300. The molecule has 0 fully saturated rings. The van der Waals surface area contributed by atoms with E-state index in [0.717, 1.165) is 29.4 Å². The first-order chi connectivity index (χ1) is 15.0. The van der Waals surface area contributed by atoms with Crippen LogP contribution in [0.4, 0.5) is 10.1 Å². The average Bonchev–Trinajstić information content (AvgIpc) is 2.79. The van der Waals surface area contributed by atoms with Crippen molar-refractivity contribution in [1.29, 1.82) is 0 Å². The third-order valence-electron chi connectivity index (χ3n) is 4.78. The number of rotatable bonds is 6. The molecule has 1 N–H and O–H groups in total. The van der Waals surface area contributed by atoms with E-state index in [-0.39, 0.29) is 17.2 Å². The van der Waals surface area contributed by atoms with E-state index in [4.69, 9.17) is 0 Å². The summed E-state index contributed by atoms with van der Waals surface area (Å²) in [6.07, 6.45) is 0.878. The fraction of sp³-hybridized carbons (Fsp3) is 0.125. The molecule has 0 bridgehead atoms. The first-order valence-electron chi connectivity index (χ1n) is 9.84. The van der Waals surface area contributed by atoms with Crippen LogP contribution in [0.3, 0.4) is 0 Å². The third kappa shape index (κ3) is 4.67. The second-order valence-corrected chi connectivity index (χ2v) is 7.86. The second-order valence-electron chi connectivity index (χ2n) is 6.92. The molecule has 0 unspecified atom stereocenters. The van der Waals surface area contributed by atoms with Crippen LogP contribution in [0.2, 0.25) is 0 Å². The lowest BCUT2D eigenvalue weighted by molar-refractivity contribution is -0.113. The van der Waals surface area contributed by atoms with E-state index in [1.54, 1.807) is 24.3 Å². The Hall–Kier alpha value is -3.45. The van der Waals surface area contributed by atoms with Crippen LogP contribution in [0.5, 0.6) is 0 Å². The highest BCUT2D eigenvalue weighted by Crippen LogP contribution is 2.22. The number of amides is 1. The summed E-state index contributed by atoms with van der Waals surface area (Å²) in [4.78, 5) is 30.3. The number of hydrogen-bond donors (Lipinski definition) is 1. The predicted molar refractivity (Wildman–Crippen MR) is 122 cm³/mol. The van der Waals surface area contributed by atoms with Gasteiger partial charge in [0.25, 0.3) is 5.56 Å². The van der Waals surface area contributed by atoms with E-state index >= 15 is 0 Å². The second kappa shape index (κ2) is 9.14. The zero-order valence-corrected chi connectivity index (χ0v) is 17.7. The molecule has 1 aromatic heterocycles. The molecule has 31 heavy (non-hydrogen) atoms. The van der Waals surface area contributed by atoms with Gasteiger partial charge in [0, 0.05) is 5.69 Å². The minimum atomic E-state index is -0.395. The molecule has 0 aliphatic rings. The molecular formula is C24H20FN3O2S. The molecule has 0 saturated carbocycles. The predicted octanol–water partition coefficient (Wildman–Crippen LogP) is 4.82. The highest BCUT2D eigenvalue weighted by Gasteiger charge is 2.15. The molecule has 4 aromatic rings. The molecule has 3 aromatic carbocycles. The van der Waals surface area contributed by atoms with Crippen LogP contribution in [0.1, 0.15) is 12.5 Å². The van der Waals surface area contributed by atoms with Crippen LogP contribution in [-0.2, 0) is 11.2 Å². The number of hydrogen-bond acceptors (Lipinski definition) is 4. The van der Waals surface area contributed by atoms with Gasteiger partial charge in [0.05, 0.1) is 22.3 Å². The molecule has 7 heteroatoms. The number of fused-ring (bicyclic) bond motifs is 1. The standard InChI is InChI=1S/C24H20FN3O2S/c1-2-16-6-5-7-18(14-16)26-22(29)15-31-24-27-21-9-4-3-8-20(21)23(30)28(24)19-12-10-17(25)11-13-19/h3-14H,2,15H2,1H3,(H,26,29). The molecular weight excluding hydrogens is 413 g/mol. The fourth-order valence-corrected chi connectivity index (χ4v) is 4.04. The van der Waals surface area contributed by atoms with Crippen LogP contribution in [0.15, 0.2) is 82.7 Å². The summed E-state index contributed by atoms with van der Waals surface area (Å²) in [6, 6.07) is 20.3. The number of halogens is 1. The number of carbonyl (C=O) groups is 1. The van der Waals surface area contributed by atoms with Crippen molar-refractivity contribution in [1.82, 2.24) is 9.55 Å². The lowest BCUT2D eigenvalue weighted by Gasteiger charge is -2.13. The summed E-state index contributed by atoms with van der Waals surface area (Å²) in [5.74, 6) is -0.526. The van der Waals surface area contributed by atoms with E-state index in [0.29, 0.717) is 21.7 Å². The quantitative estimate of drug-likeness (QED) is 0.350. The van der Waals surface area contributed by atoms with Crippen molar-refractivity contribution in [3.05, 3.63) is 94.5 Å². The van der Waals surface area contributed by atoms with Crippen molar-refractivity contribution >= 4 is 34.3 Å². The lowest BCUT2D eigenvalue weighted by Crippen LogP contribution is -2.23. The van der Waals surface area contributed by atoms with Crippen LogP contribution >= 0.6 is 11.8 Å². The van der Waals surface area contributed by atoms with Crippen LogP contribution in [0.25, 0.3) is 16.6 Å². The molecule has 156 valence electrons. The number of aryl methyl sites for hydroxylation is 1. The summed E-state index contributed by atoms with van der Waals surface area (Å²) < 4.78 is 14.8. The zero-order valence-electron chi connectivity index (χ0n) is 16.8. The first-order valence-corrected chi connectivity index (χ1v) is 10.8. The minimum Gasteiger partial charge on any atom is -0.325 e. The molecule has 0 saturated heterocycles. The molecule has 0 aliphatic carbocycles. The van der Waals surface area contributed by atoms with Gasteiger partial charge in [0.15, 0.2) is 5.16 Å². The monoisotopic (exact) mass is 433 g/mol. The normalized spacial score (nSPS) is 10.9. The Morgan fingerprint density at radius 3 is 2.61 bits per heavy atom. The van der Waals surface area contributed by atoms with E-state index in [2.05, 4.69) is 17.2 Å². The smallest absolute Gasteiger partial charge is 0.266 e. The van der Waals surface area contributed by atoms with E-state index < -0.39 is 5.82 Å². The topological polar surface area (TPSA) is 64.0 Å². The van der Waals surface area contributed by atoms with Gasteiger partial charge >= 0.3 is 0 Å². The Morgan fingerprint density at radius 1 is 1.06 bits per heavy atom. The van der Waals surface area contributed by atoms with Gasteiger partial charge in [0.2, 0.25) is 5.91 Å². The fourth-order valence-electron chi connectivity index (χ4n) is 3.22. The van der Waals surface area contributed by atoms with Crippen LogP contribution in [0, 0.1) is 5.82 Å². The molecule has 0 spiro atoms. The maximum absolute atomic E-state index is 13.4. The number of benzene rings is 3. The van der Waals surface area contributed by atoms with Crippen molar-refractivity contribution < 1.29 is 9.18 Å². The molecule has 0 aliphatic heterocycles. The van der Waals surface area contributed by atoms with E-state index in [1.807, 2.05) is 24.3 Å². The van der Waals surface area contributed by atoms with Gasteiger partial charge in [-0.3, -0.25) is 14.2 Å². The lowest BCUT2D eigenvalue weighted by atomic mass is 10.1. The molecule has 0 radical (unpaired) electrons. The maximum Gasteiger partial charge on any atom is 0.266 e. The summed E-state index contributed by atoms with van der Waals surface area (Å²) >= 11 is 1.16. The zero-order chi connectivity index (χ0) is 21.8. The van der Waals surface area contributed by atoms with Crippen LogP contribution in [-0.4, -0.2) is 21.2 Å². The summed E-state index contributed by atoms with van der Waals surface area (Å²) in [5, 5.41) is 3.70. The number of nitrogens with one attached hydrogen (secondary N) is 1. The van der Waals surface area contributed by atoms with Gasteiger partial charge in [-0.15, -0.1) is 0 Å². The number of aromatic nitrogens is 2.